The van der Waals surface area contributed by atoms with Gasteiger partial charge < -0.3 is 4.74 Å². The molecule has 0 amide bonds. The molecule has 97 valence electrons. The number of benzene rings is 1. The number of aromatic amines is 1. The zero-order chi connectivity index (χ0) is 12.9. The monoisotopic (exact) mass is 322 g/mol. The smallest absolute Gasteiger partial charge is 0.209 e. The van der Waals surface area contributed by atoms with Crippen molar-refractivity contribution in [1.82, 2.24) is 10.2 Å². The van der Waals surface area contributed by atoms with Crippen molar-refractivity contribution in [2.45, 2.75) is 34.3 Å². The third kappa shape index (κ3) is 8.43. The molecular weight excluding hydrogens is 301 g/mol. The molecule has 2 aromatic rings. The average molecular weight is 322 g/mol. The van der Waals surface area contributed by atoms with Crippen LogP contribution in [-0.2, 0) is 39.3 Å². The number of hydrogen-bond acceptors (Lipinski definition) is 2. The molecule has 0 bridgehead atoms. The van der Waals surface area contributed by atoms with Crippen LogP contribution < -0.4 is 4.74 Å². The molecule has 4 heteroatoms. The predicted molar refractivity (Wildman–Crippen MR) is 70.9 cm³/mol. The van der Waals surface area contributed by atoms with E-state index in [-0.39, 0.29) is 32.7 Å². The van der Waals surface area contributed by atoms with Crippen molar-refractivity contribution in [3.8, 4) is 5.88 Å². The number of nitrogens with one attached hydrogen (secondary N) is 1. The summed E-state index contributed by atoms with van der Waals surface area (Å²) in [6.45, 7) is 8.52. The Labute approximate surface area is 135 Å². The van der Waals surface area contributed by atoms with Gasteiger partial charge in [0.2, 0.25) is 5.88 Å². The molecule has 1 N–H and O–H groups in total. The molecule has 18 heavy (non-hydrogen) atoms. The minimum absolute atomic E-state index is 0. The number of ether oxygens (including phenoxy) is 1. The molecule has 1 aromatic heterocycles. The van der Waals surface area contributed by atoms with Crippen molar-refractivity contribution in [3.63, 3.8) is 0 Å². The minimum Gasteiger partial charge on any atom is -0.475 e. The second-order valence-electron chi connectivity index (χ2n) is 2.60. The SMILES string of the molecule is CC.CC.[Y].[c-]1ccccc1COc1ccn[nH]1. The fraction of sp³-hybridized carbons (Fsp3) is 0.357. The number of aromatic nitrogens is 2. The average Bonchev–Trinajstić information content (AvgIpc) is 2.95. The van der Waals surface area contributed by atoms with E-state index in [9.17, 15) is 0 Å². The standard InChI is InChI=1S/C10H9N2O.2C2H6.Y/c1-2-4-9(5-3-1)8-13-10-6-7-11-12-10;2*1-2;/h1-4,6-7H,8H2,(H,11,12);2*1-2H3;/q-1;;;. The Kier molecular flexibility index (Phi) is 15.7. The quantitative estimate of drug-likeness (QED) is 0.872. The van der Waals surface area contributed by atoms with Crippen LogP contribution >= 0.6 is 0 Å². The van der Waals surface area contributed by atoms with E-state index in [1.54, 1.807) is 12.3 Å². The van der Waals surface area contributed by atoms with E-state index in [4.69, 9.17) is 4.74 Å². The first-order chi connectivity index (χ1) is 8.45. The molecule has 0 aliphatic carbocycles. The fourth-order valence-electron chi connectivity index (χ4n) is 0.999. The van der Waals surface area contributed by atoms with Crippen LogP contribution in [0.3, 0.4) is 0 Å². The summed E-state index contributed by atoms with van der Waals surface area (Å²) in [6, 6.07) is 12.6. The Hall–Kier alpha value is -0.666. The molecule has 1 radical (unpaired) electrons. The molecule has 1 heterocycles. The summed E-state index contributed by atoms with van der Waals surface area (Å²) in [5, 5.41) is 6.50. The zero-order valence-corrected chi connectivity index (χ0v) is 14.4. The van der Waals surface area contributed by atoms with Crippen LogP contribution in [0.4, 0.5) is 0 Å². The van der Waals surface area contributed by atoms with E-state index in [0.717, 1.165) is 5.56 Å². The Morgan fingerprint density at radius 3 is 2.39 bits per heavy atom. The number of nitrogens with zero attached hydrogens (tertiary/aromatic N) is 1. The van der Waals surface area contributed by atoms with Crippen molar-refractivity contribution >= 4 is 0 Å². The Morgan fingerprint density at radius 2 is 1.89 bits per heavy atom. The maximum absolute atomic E-state index is 5.38. The predicted octanol–water partition coefficient (Wildman–Crippen LogP) is 3.84. The maximum Gasteiger partial charge on any atom is 0.209 e. The van der Waals surface area contributed by atoms with Crippen LogP contribution in [-0.4, -0.2) is 10.2 Å². The summed E-state index contributed by atoms with van der Waals surface area (Å²) in [4.78, 5) is 0. The zero-order valence-electron chi connectivity index (χ0n) is 11.6. The van der Waals surface area contributed by atoms with Crippen LogP contribution in [0.25, 0.3) is 0 Å². The molecule has 0 aliphatic rings. The molecule has 0 saturated carbocycles. The van der Waals surface area contributed by atoms with E-state index < -0.39 is 0 Å². The largest absolute Gasteiger partial charge is 0.475 e. The van der Waals surface area contributed by atoms with Gasteiger partial charge in [0.1, 0.15) is 0 Å². The van der Waals surface area contributed by atoms with Gasteiger partial charge in [-0.25, -0.2) is 5.10 Å². The van der Waals surface area contributed by atoms with Gasteiger partial charge >= 0.3 is 0 Å². The molecule has 0 spiro atoms. The summed E-state index contributed by atoms with van der Waals surface area (Å²) in [5.74, 6) is 0.678. The van der Waals surface area contributed by atoms with Crippen LogP contribution in [0.1, 0.15) is 33.3 Å². The van der Waals surface area contributed by atoms with Gasteiger partial charge in [0, 0.05) is 38.8 Å². The third-order valence-corrected chi connectivity index (χ3v) is 1.63. The molecule has 1 aromatic carbocycles. The summed E-state index contributed by atoms with van der Waals surface area (Å²) in [7, 11) is 0. The molecular formula is C14H21N2OY-. The van der Waals surface area contributed by atoms with E-state index in [1.165, 1.54) is 0 Å². The van der Waals surface area contributed by atoms with Crippen LogP contribution in [0.15, 0.2) is 36.5 Å². The van der Waals surface area contributed by atoms with Gasteiger partial charge in [-0.05, 0) is 0 Å². The fourth-order valence-corrected chi connectivity index (χ4v) is 0.999. The number of H-pyrrole nitrogens is 1. The first-order valence-corrected chi connectivity index (χ1v) is 6.03. The normalized spacial score (nSPS) is 7.78. The van der Waals surface area contributed by atoms with Gasteiger partial charge in [-0.2, -0.15) is 35.4 Å². The molecule has 0 unspecified atom stereocenters. The van der Waals surface area contributed by atoms with Crippen LogP contribution in [0.5, 0.6) is 5.88 Å². The van der Waals surface area contributed by atoms with E-state index in [0.29, 0.717) is 12.5 Å². The summed E-state index contributed by atoms with van der Waals surface area (Å²) >= 11 is 0. The summed E-state index contributed by atoms with van der Waals surface area (Å²) < 4.78 is 5.38. The van der Waals surface area contributed by atoms with Crippen molar-refractivity contribution in [3.05, 3.63) is 48.2 Å². The minimum atomic E-state index is 0. The van der Waals surface area contributed by atoms with Gasteiger partial charge in [-0.1, -0.05) is 27.7 Å². The third-order valence-electron chi connectivity index (χ3n) is 1.63. The Balaban J connectivity index is 0. The molecule has 3 nitrogen and oxygen atoms in total. The number of rotatable bonds is 3. The Bertz CT molecular complexity index is 349. The first-order valence-electron chi connectivity index (χ1n) is 6.03. The van der Waals surface area contributed by atoms with Crippen molar-refractivity contribution in [2.24, 2.45) is 0 Å². The molecule has 0 fully saturated rings. The van der Waals surface area contributed by atoms with Gasteiger partial charge in [-0.3, -0.25) is 0 Å². The summed E-state index contributed by atoms with van der Waals surface area (Å²) in [5.41, 5.74) is 1.03. The van der Waals surface area contributed by atoms with Gasteiger partial charge in [0.25, 0.3) is 0 Å². The maximum atomic E-state index is 5.38. The van der Waals surface area contributed by atoms with Gasteiger partial charge in [-0.15, -0.1) is 5.56 Å². The first kappa shape index (κ1) is 19.7. The van der Waals surface area contributed by atoms with Gasteiger partial charge in [0.05, 0.1) is 12.8 Å². The second kappa shape index (κ2) is 14.4. The number of hydrogen-bond donors (Lipinski definition) is 1. The van der Waals surface area contributed by atoms with E-state index >= 15 is 0 Å². The van der Waals surface area contributed by atoms with Crippen LogP contribution in [0, 0.1) is 6.07 Å². The van der Waals surface area contributed by atoms with E-state index in [1.807, 2.05) is 52.0 Å². The summed E-state index contributed by atoms with van der Waals surface area (Å²) in [6.07, 6.45) is 1.66. The molecule has 2 rings (SSSR count). The van der Waals surface area contributed by atoms with E-state index in [2.05, 4.69) is 16.3 Å². The van der Waals surface area contributed by atoms with Crippen molar-refractivity contribution in [1.29, 1.82) is 0 Å². The molecule has 0 atom stereocenters. The van der Waals surface area contributed by atoms with Crippen molar-refractivity contribution in [2.75, 3.05) is 0 Å². The Morgan fingerprint density at radius 1 is 1.17 bits per heavy atom. The van der Waals surface area contributed by atoms with Crippen LogP contribution in [0.2, 0.25) is 0 Å². The van der Waals surface area contributed by atoms with Gasteiger partial charge in [0.15, 0.2) is 0 Å². The topological polar surface area (TPSA) is 37.9 Å². The molecule has 0 aliphatic heterocycles. The van der Waals surface area contributed by atoms with Crippen molar-refractivity contribution < 1.29 is 37.4 Å². The molecule has 0 saturated heterocycles. The second-order valence-corrected chi connectivity index (χ2v) is 2.60.